The van der Waals surface area contributed by atoms with E-state index < -0.39 is 5.54 Å². The monoisotopic (exact) mass is 273 g/mol. The predicted molar refractivity (Wildman–Crippen MR) is 78.3 cm³/mol. The molecule has 19 heavy (non-hydrogen) atoms. The van der Waals surface area contributed by atoms with Gasteiger partial charge < -0.3 is 9.47 Å². The minimum atomic E-state index is -0.755. The predicted octanol–water partition coefficient (Wildman–Crippen LogP) is 2.90. The summed E-state index contributed by atoms with van der Waals surface area (Å²) in [6, 6.07) is 0.207. The van der Waals surface area contributed by atoms with Crippen molar-refractivity contribution in [3.8, 4) is 0 Å². The maximum Gasteiger partial charge on any atom is 0.328 e. The van der Waals surface area contributed by atoms with Crippen LogP contribution in [-0.4, -0.2) is 37.4 Å². The minimum absolute atomic E-state index is 0.207. The fourth-order valence-electron chi connectivity index (χ4n) is 1.99. The van der Waals surface area contributed by atoms with Crippen molar-refractivity contribution in [3.63, 3.8) is 0 Å². The number of carbonyl (C=O) groups excluding carboxylic acids is 1. The number of hydrogen-bond donors (Lipinski definition) is 1. The van der Waals surface area contributed by atoms with Gasteiger partial charge >= 0.3 is 5.97 Å². The molecule has 0 fully saturated rings. The third-order valence-corrected chi connectivity index (χ3v) is 2.87. The van der Waals surface area contributed by atoms with E-state index in [0.717, 1.165) is 6.42 Å². The van der Waals surface area contributed by atoms with E-state index in [1.165, 1.54) is 19.3 Å². The molecule has 0 saturated carbocycles. The van der Waals surface area contributed by atoms with E-state index >= 15 is 0 Å². The Morgan fingerprint density at radius 1 is 1.21 bits per heavy atom. The van der Waals surface area contributed by atoms with Gasteiger partial charge in [-0.1, -0.05) is 26.2 Å². The van der Waals surface area contributed by atoms with E-state index in [1.54, 1.807) is 0 Å². The SMILES string of the molecule is CCCCCCOCC(C)(NC(C)C)C(=O)OCC. The van der Waals surface area contributed by atoms with Crippen molar-refractivity contribution in [2.45, 2.75) is 71.9 Å². The van der Waals surface area contributed by atoms with Crippen LogP contribution >= 0.6 is 0 Å². The molecule has 4 nitrogen and oxygen atoms in total. The van der Waals surface area contributed by atoms with Crippen molar-refractivity contribution in [2.24, 2.45) is 0 Å². The average Bonchev–Trinajstić information content (AvgIpc) is 2.33. The van der Waals surface area contributed by atoms with Crippen molar-refractivity contribution in [1.29, 1.82) is 0 Å². The number of rotatable bonds is 11. The van der Waals surface area contributed by atoms with Crippen molar-refractivity contribution < 1.29 is 14.3 Å². The number of hydrogen-bond acceptors (Lipinski definition) is 4. The van der Waals surface area contributed by atoms with Gasteiger partial charge in [0.15, 0.2) is 0 Å². The topological polar surface area (TPSA) is 47.6 Å². The first kappa shape index (κ1) is 18.4. The summed E-state index contributed by atoms with van der Waals surface area (Å²) in [5.74, 6) is -0.239. The molecule has 1 atom stereocenters. The van der Waals surface area contributed by atoms with Gasteiger partial charge in [-0.2, -0.15) is 0 Å². The van der Waals surface area contributed by atoms with Crippen LogP contribution in [-0.2, 0) is 14.3 Å². The van der Waals surface area contributed by atoms with Crippen LogP contribution in [0.15, 0.2) is 0 Å². The molecule has 1 N–H and O–H groups in total. The van der Waals surface area contributed by atoms with Gasteiger partial charge in [0, 0.05) is 12.6 Å². The van der Waals surface area contributed by atoms with E-state index in [0.29, 0.717) is 19.8 Å². The second-order valence-electron chi connectivity index (χ2n) is 5.46. The van der Waals surface area contributed by atoms with E-state index in [-0.39, 0.29) is 12.0 Å². The molecule has 0 amide bonds. The maximum atomic E-state index is 12.0. The lowest BCUT2D eigenvalue weighted by Gasteiger charge is -2.30. The van der Waals surface area contributed by atoms with Gasteiger partial charge in [0.2, 0.25) is 0 Å². The number of unbranched alkanes of at least 4 members (excludes halogenated alkanes) is 3. The standard InChI is InChI=1S/C15H31NO3/c1-6-8-9-10-11-18-12-15(5,16-13(3)4)14(17)19-7-2/h13,16H,6-12H2,1-5H3. The Hall–Kier alpha value is -0.610. The van der Waals surface area contributed by atoms with Gasteiger partial charge in [-0.3, -0.25) is 5.32 Å². The Kier molecular flexibility index (Phi) is 9.88. The lowest BCUT2D eigenvalue weighted by atomic mass is 10.0. The van der Waals surface area contributed by atoms with Crippen LogP contribution < -0.4 is 5.32 Å². The van der Waals surface area contributed by atoms with Crippen LogP contribution in [0.5, 0.6) is 0 Å². The Balaban J connectivity index is 4.16. The highest BCUT2D eigenvalue weighted by Gasteiger charge is 2.35. The summed E-state index contributed by atoms with van der Waals surface area (Å²) >= 11 is 0. The van der Waals surface area contributed by atoms with Crippen LogP contribution in [0.3, 0.4) is 0 Å². The third kappa shape index (κ3) is 8.22. The highest BCUT2D eigenvalue weighted by atomic mass is 16.5. The molecule has 0 aromatic carbocycles. The first-order valence-corrected chi connectivity index (χ1v) is 7.49. The molecule has 0 bridgehead atoms. The smallest absolute Gasteiger partial charge is 0.328 e. The molecule has 0 spiro atoms. The molecule has 0 aromatic heterocycles. The van der Waals surface area contributed by atoms with E-state index in [1.807, 2.05) is 27.7 Å². The van der Waals surface area contributed by atoms with Crippen molar-refractivity contribution in [2.75, 3.05) is 19.8 Å². The van der Waals surface area contributed by atoms with Gasteiger partial charge in [-0.25, -0.2) is 4.79 Å². The summed E-state index contributed by atoms with van der Waals surface area (Å²) in [6.07, 6.45) is 4.69. The van der Waals surface area contributed by atoms with Gasteiger partial charge in [-0.15, -0.1) is 0 Å². The normalized spacial score (nSPS) is 14.4. The Labute approximate surface area is 118 Å². The number of nitrogens with one attached hydrogen (secondary N) is 1. The fraction of sp³-hybridized carbons (Fsp3) is 0.933. The molecule has 0 aliphatic heterocycles. The Bertz CT molecular complexity index is 244. The molecule has 0 radical (unpaired) electrons. The van der Waals surface area contributed by atoms with Crippen molar-refractivity contribution >= 4 is 5.97 Å². The molecule has 4 heteroatoms. The minimum Gasteiger partial charge on any atom is -0.465 e. The molecule has 0 saturated heterocycles. The molecule has 0 aliphatic rings. The zero-order chi connectivity index (χ0) is 14.7. The summed E-state index contributed by atoms with van der Waals surface area (Å²) in [5.41, 5.74) is -0.755. The first-order chi connectivity index (χ1) is 8.96. The summed E-state index contributed by atoms with van der Waals surface area (Å²) < 4.78 is 10.8. The lowest BCUT2D eigenvalue weighted by molar-refractivity contribution is -0.153. The van der Waals surface area contributed by atoms with E-state index in [4.69, 9.17) is 9.47 Å². The molecule has 1 unspecified atom stereocenters. The molecule has 0 rings (SSSR count). The summed E-state index contributed by atoms with van der Waals surface area (Å²) in [7, 11) is 0. The van der Waals surface area contributed by atoms with Crippen LogP contribution in [0.2, 0.25) is 0 Å². The largest absolute Gasteiger partial charge is 0.465 e. The Morgan fingerprint density at radius 2 is 1.89 bits per heavy atom. The van der Waals surface area contributed by atoms with Gasteiger partial charge in [0.05, 0.1) is 13.2 Å². The molecule has 0 aliphatic carbocycles. The average molecular weight is 273 g/mol. The number of carbonyl (C=O) groups is 1. The fourth-order valence-corrected chi connectivity index (χ4v) is 1.99. The van der Waals surface area contributed by atoms with Crippen molar-refractivity contribution in [1.82, 2.24) is 5.32 Å². The van der Waals surface area contributed by atoms with Crippen LogP contribution in [0, 0.1) is 0 Å². The van der Waals surface area contributed by atoms with Gasteiger partial charge in [0.1, 0.15) is 5.54 Å². The number of ether oxygens (including phenoxy) is 2. The zero-order valence-corrected chi connectivity index (χ0v) is 13.3. The molecular weight excluding hydrogens is 242 g/mol. The van der Waals surface area contributed by atoms with Gasteiger partial charge in [0.25, 0.3) is 0 Å². The molecular formula is C15H31NO3. The zero-order valence-electron chi connectivity index (χ0n) is 13.3. The van der Waals surface area contributed by atoms with Gasteiger partial charge in [-0.05, 0) is 34.1 Å². The van der Waals surface area contributed by atoms with Crippen LogP contribution in [0.25, 0.3) is 0 Å². The summed E-state index contributed by atoms with van der Waals surface area (Å²) in [4.78, 5) is 12.0. The molecule has 114 valence electrons. The molecule has 0 aromatic rings. The van der Waals surface area contributed by atoms with E-state index in [9.17, 15) is 4.79 Å². The highest BCUT2D eigenvalue weighted by molar-refractivity contribution is 5.80. The first-order valence-electron chi connectivity index (χ1n) is 7.49. The quantitative estimate of drug-likeness (QED) is 0.464. The second kappa shape index (κ2) is 10.2. The molecule has 0 heterocycles. The maximum absolute atomic E-state index is 12.0. The third-order valence-electron chi connectivity index (χ3n) is 2.87. The lowest BCUT2D eigenvalue weighted by Crippen LogP contribution is -2.56. The van der Waals surface area contributed by atoms with Crippen LogP contribution in [0.4, 0.5) is 0 Å². The Morgan fingerprint density at radius 3 is 2.42 bits per heavy atom. The summed E-state index contributed by atoms with van der Waals surface area (Å²) in [5, 5.41) is 3.24. The highest BCUT2D eigenvalue weighted by Crippen LogP contribution is 2.10. The van der Waals surface area contributed by atoms with Crippen LogP contribution in [0.1, 0.15) is 60.3 Å². The summed E-state index contributed by atoms with van der Waals surface area (Å²) in [6.45, 7) is 11.3. The van der Waals surface area contributed by atoms with E-state index in [2.05, 4.69) is 12.2 Å². The number of esters is 1. The van der Waals surface area contributed by atoms with Crippen molar-refractivity contribution in [3.05, 3.63) is 0 Å². The second-order valence-corrected chi connectivity index (χ2v) is 5.46.